The maximum Gasteiger partial charge on any atom is 0.407 e. The predicted octanol–water partition coefficient (Wildman–Crippen LogP) is 5.91. The highest BCUT2D eigenvalue weighted by Crippen LogP contribution is 2.44. The average Bonchev–Trinajstić information content (AvgIpc) is 3.46. The van der Waals surface area contributed by atoms with Crippen LogP contribution in [-0.4, -0.2) is 35.6 Å². The van der Waals surface area contributed by atoms with Gasteiger partial charge in [0.2, 0.25) is 0 Å². The molecule has 3 N–H and O–H groups in total. The summed E-state index contributed by atoms with van der Waals surface area (Å²) in [7, 11) is 0. The lowest BCUT2D eigenvalue weighted by Gasteiger charge is -2.19. The third kappa shape index (κ3) is 4.35. The van der Waals surface area contributed by atoms with Crippen molar-refractivity contribution in [1.29, 1.82) is 0 Å². The molecule has 0 saturated heterocycles. The summed E-state index contributed by atoms with van der Waals surface area (Å²) in [6.45, 7) is 0.398. The molecule has 2 unspecified atom stereocenters. The number of ether oxygens (including phenoxy) is 1. The molecular weight excluding hydrogens is 466 g/mol. The number of aliphatic hydroxyl groups excluding tert-OH is 2. The first-order valence-corrected chi connectivity index (χ1v) is 12.5. The van der Waals surface area contributed by atoms with Crippen molar-refractivity contribution >= 4 is 28.0 Å². The molecule has 186 valence electrons. The Morgan fingerprint density at radius 3 is 2.24 bits per heavy atom. The van der Waals surface area contributed by atoms with E-state index < -0.39 is 18.3 Å². The van der Waals surface area contributed by atoms with E-state index in [1.807, 2.05) is 54.6 Å². The molecule has 1 aromatic heterocycles. The lowest BCUT2D eigenvalue weighted by molar-refractivity contribution is 0.0137. The molecule has 1 aliphatic carbocycles. The van der Waals surface area contributed by atoms with E-state index in [9.17, 15) is 15.0 Å². The fraction of sp³-hybridized carbons (Fsp3) is 0.194. The minimum atomic E-state index is -1.10. The van der Waals surface area contributed by atoms with E-state index in [2.05, 4.69) is 29.6 Å². The fourth-order valence-electron chi connectivity index (χ4n) is 5.28. The number of rotatable bonds is 7. The van der Waals surface area contributed by atoms with Crippen LogP contribution in [0.3, 0.4) is 0 Å². The number of carbonyl (C=O) groups excluding carboxylic acids is 1. The molecule has 0 aliphatic heterocycles. The normalized spacial score (nSPS) is 14.3. The second-order valence-corrected chi connectivity index (χ2v) is 9.41. The summed E-state index contributed by atoms with van der Waals surface area (Å²) in [5, 5.41) is 25.8. The average molecular weight is 494 g/mol. The summed E-state index contributed by atoms with van der Waals surface area (Å²) in [6.07, 6.45) is -2.52. The number of hydrogen-bond donors (Lipinski definition) is 3. The Hall–Kier alpha value is -4.13. The van der Waals surface area contributed by atoms with Crippen LogP contribution in [0.5, 0.6) is 0 Å². The zero-order valence-corrected chi connectivity index (χ0v) is 20.1. The van der Waals surface area contributed by atoms with Crippen LogP contribution in [-0.2, 0) is 4.74 Å². The van der Waals surface area contributed by atoms with Crippen LogP contribution in [0.4, 0.5) is 4.79 Å². The van der Waals surface area contributed by atoms with Gasteiger partial charge in [-0.25, -0.2) is 4.79 Å². The number of benzene rings is 4. The summed E-state index contributed by atoms with van der Waals surface area (Å²) >= 11 is 0. The number of para-hydroxylation sites is 1. The van der Waals surface area contributed by atoms with Crippen molar-refractivity contribution in [1.82, 2.24) is 5.32 Å². The second kappa shape index (κ2) is 9.73. The quantitative estimate of drug-likeness (QED) is 0.262. The van der Waals surface area contributed by atoms with E-state index in [4.69, 9.17) is 9.15 Å². The largest absolute Gasteiger partial charge is 0.456 e. The molecule has 6 rings (SSSR count). The van der Waals surface area contributed by atoms with Crippen LogP contribution in [0.25, 0.3) is 33.1 Å². The SMILES string of the molecule is O=C(NCCC(O)C(O)c1ccc2oc3ccccc3c2c1)OCC1c2ccccc2-c2ccccc21. The van der Waals surface area contributed by atoms with Gasteiger partial charge in [-0.2, -0.15) is 0 Å². The molecule has 0 radical (unpaired) electrons. The van der Waals surface area contributed by atoms with E-state index in [0.717, 1.165) is 33.1 Å². The molecule has 0 spiro atoms. The van der Waals surface area contributed by atoms with Crippen LogP contribution in [0.2, 0.25) is 0 Å². The molecule has 6 nitrogen and oxygen atoms in total. The van der Waals surface area contributed by atoms with Gasteiger partial charge in [-0.1, -0.05) is 72.8 Å². The molecule has 0 fully saturated rings. The third-order valence-corrected chi connectivity index (χ3v) is 7.16. The molecule has 4 aromatic carbocycles. The Morgan fingerprint density at radius 1 is 0.838 bits per heavy atom. The number of amides is 1. The number of fused-ring (bicyclic) bond motifs is 6. The molecule has 0 bridgehead atoms. The van der Waals surface area contributed by atoms with Gasteiger partial charge < -0.3 is 24.7 Å². The first-order chi connectivity index (χ1) is 18.1. The molecular formula is C31H27NO5. The van der Waals surface area contributed by atoms with Gasteiger partial charge in [0.15, 0.2) is 0 Å². The van der Waals surface area contributed by atoms with Crippen molar-refractivity contribution < 1.29 is 24.2 Å². The van der Waals surface area contributed by atoms with Gasteiger partial charge in [-0.15, -0.1) is 0 Å². The Labute approximate surface area is 214 Å². The number of nitrogens with one attached hydrogen (secondary N) is 1. The monoisotopic (exact) mass is 493 g/mol. The maximum atomic E-state index is 12.4. The standard InChI is InChI=1S/C31H27NO5/c33-27(30(34)19-13-14-29-25(17-19)24-11-5-6-12-28(24)37-29)15-16-32-31(35)36-18-26-22-9-3-1-7-20(22)21-8-2-4-10-23(21)26/h1-14,17,26-27,30,33-34H,15-16,18H2,(H,32,35). The lowest BCUT2D eigenvalue weighted by atomic mass is 9.98. The van der Waals surface area contributed by atoms with Crippen LogP contribution >= 0.6 is 0 Å². The van der Waals surface area contributed by atoms with Crippen molar-refractivity contribution in [3.8, 4) is 11.1 Å². The number of furan rings is 1. The highest BCUT2D eigenvalue weighted by molar-refractivity contribution is 6.05. The molecule has 6 heteroatoms. The third-order valence-electron chi connectivity index (χ3n) is 7.16. The lowest BCUT2D eigenvalue weighted by Crippen LogP contribution is -2.30. The summed E-state index contributed by atoms with van der Waals surface area (Å²) in [5.74, 6) is -0.0144. The van der Waals surface area contributed by atoms with Gasteiger partial charge in [-0.3, -0.25) is 0 Å². The zero-order valence-electron chi connectivity index (χ0n) is 20.1. The number of alkyl carbamates (subject to hydrolysis) is 1. The second-order valence-electron chi connectivity index (χ2n) is 9.41. The molecule has 1 aliphatic rings. The molecule has 2 atom stereocenters. The van der Waals surface area contributed by atoms with Gasteiger partial charge in [0.25, 0.3) is 0 Å². The highest BCUT2D eigenvalue weighted by atomic mass is 16.5. The zero-order chi connectivity index (χ0) is 25.4. The van der Waals surface area contributed by atoms with E-state index >= 15 is 0 Å². The van der Waals surface area contributed by atoms with Crippen molar-refractivity contribution in [2.24, 2.45) is 0 Å². The van der Waals surface area contributed by atoms with Crippen molar-refractivity contribution in [3.63, 3.8) is 0 Å². The van der Waals surface area contributed by atoms with Gasteiger partial charge in [-0.05, 0) is 52.4 Å². The fourth-order valence-corrected chi connectivity index (χ4v) is 5.28. The summed E-state index contributed by atoms with van der Waals surface area (Å²) in [4.78, 5) is 12.4. The van der Waals surface area contributed by atoms with E-state index in [-0.39, 0.29) is 25.5 Å². The van der Waals surface area contributed by atoms with Crippen molar-refractivity contribution in [2.75, 3.05) is 13.2 Å². The number of hydrogen-bond acceptors (Lipinski definition) is 5. The molecule has 37 heavy (non-hydrogen) atoms. The van der Waals surface area contributed by atoms with Crippen LogP contribution in [0.1, 0.15) is 35.1 Å². The van der Waals surface area contributed by atoms with Crippen molar-refractivity contribution in [3.05, 3.63) is 108 Å². The van der Waals surface area contributed by atoms with E-state index in [0.29, 0.717) is 5.56 Å². The van der Waals surface area contributed by atoms with Crippen LogP contribution in [0.15, 0.2) is 95.4 Å². The molecule has 0 saturated carbocycles. The summed E-state index contributed by atoms with van der Waals surface area (Å²) in [5.41, 5.74) is 6.74. The Bertz CT molecular complexity index is 1540. The van der Waals surface area contributed by atoms with Crippen LogP contribution in [0, 0.1) is 0 Å². The summed E-state index contributed by atoms with van der Waals surface area (Å²) in [6, 6.07) is 29.4. The predicted molar refractivity (Wildman–Crippen MR) is 142 cm³/mol. The Morgan fingerprint density at radius 2 is 1.49 bits per heavy atom. The van der Waals surface area contributed by atoms with Gasteiger partial charge in [0.1, 0.15) is 23.9 Å². The van der Waals surface area contributed by atoms with E-state index in [1.54, 1.807) is 12.1 Å². The van der Waals surface area contributed by atoms with Crippen LogP contribution < -0.4 is 5.32 Å². The molecule has 1 amide bonds. The highest BCUT2D eigenvalue weighted by Gasteiger charge is 2.29. The number of carbonyl (C=O) groups is 1. The van der Waals surface area contributed by atoms with Gasteiger partial charge in [0, 0.05) is 23.2 Å². The van der Waals surface area contributed by atoms with Gasteiger partial charge in [0.05, 0.1) is 6.10 Å². The molecule has 1 heterocycles. The summed E-state index contributed by atoms with van der Waals surface area (Å²) < 4.78 is 11.4. The topological polar surface area (TPSA) is 91.9 Å². The maximum absolute atomic E-state index is 12.4. The minimum Gasteiger partial charge on any atom is -0.456 e. The van der Waals surface area contributed by atoms with Gasteiger partial charge >= 0.3 is 6.09 Å². The minimum absolute atomic E-state index is 0.0144. The number of aliphatic hydroxyl groups is 2. The Balaban J connectivity index is 1.04. The van der Waals surface area contributed by atoms with Crippen molar-refractivity contribution in [2.45, 2.75) is 24.5 Å². The smallest absolute Gasteiger partial charge is 0.407 e. The Kier molecular flexibility index (Phi) is 6.12. The molecule has 5 aromatic rings. The first-order valence-electron chi connectivity index (χ1n) is 12.5. The van der Waals surface area contributed by atoms with E-state index in [1.165, 1.54) is 11.1 Å². The first kappa shape index (κ1) is 23.3.